The molecule has 0 fully saturated rings. The number of fused-ring (bicyclic) bond motifs is 3. The molecular formula is C33H28F2N6O3S. The second-order valence-corrected chi connectivity index (χ2v) is 11.6. The van der Waals surface area contributed by atoms with E-state index in [0.717, 1.165) is 38.6 Å². The van der Waals surface area contributed by atoms with E-state index >= 15 is 4.39 Å². The van der Waals surface area contributed by atoms with Crippen molar-refractivity contribution in [3.05, 3.63) is 84.0 Å². The average Bonchev–Trinajstić information content (AvgIpc) is 3.79. The standard InChI is InChI=1S/C33H28F2N6O3S/c1-4-28(42)40-9-10-41-26(18(40)2)17-25(39-41)32-30(29-21(35)14-19(34)15-27(29)44-12-11-43-3)33-20(7-13-45-33)31(38-32)24-16-23-22(37-24)6-5-8-36-23/h4-8,13-18,37H,1,9-12H2,2-3H3/t18-/m1/s1. The Kier molecular flexibility index (Phi) is 7.38. The van der Waals surface area contributed by atoms with Gasteiger partial charge in [0.05, 0.1) is 52.9 Å². The molecule has 9 nitrogen and oxygen atoms in total. The molecule has 0 bridgehead atoms. The topological polar surface area (TPSA) is 98.2 Å². The number of H-pyrrole nitrogens is 1. The molecule has 1 aliphatic rings. The summed E-state index contributed by atoms with van der Waals surface area (Å²) >= 11 is 1.42. The monoisotopic (exact) mass is 626 g/mol. The molecule has 1 atom stereocenters. The lowest BCUT2D eigenvalue weighted by Gasteiger charge is -2.33. The first-order chi connectivity index (χ1) is 21.9. The van der Waals surface area contributed by atoms with Gasteiger partial charge in [-0.25, -0.2) is 13.8 Å². The molecule has 5 aromatic heterocycles. The van der Waals surface area contributed by atoms with Gasteiger partial charge >= 0.3 is 0 Å². The Morgan fingerprint density at radius 3 is 2.82 bits per heavy atom. The van der Waals surface area contributed by atoms with E-state index in [2.05, 4.69) is 16.5 Å². The fourth-order valence-corrected chi connectivity index (χ4v) is 6.86. The molecule has 0 aliphatic carbocycles. The summed E-state index contributed by atoms with van der Waals surface area (Å²) in [4.78, 5) is 27.3. The molecule has 0 saturated carbocycles. The van der Waals surface area contributed by atoms with Crippen LogP contribution in [0.3, 0.4) is 0 Å². The number of carbonyl (C=O) groups excluding carboxylic acids is 1. The van der Waals surface area contributed by atoms with Gasteiger partial charge in [0.25, 0.3) is 0 Å². The van der Waals surface area contributed by atoms with Crippen LogP contribution in [0.1, 0.15) is 18.7 Å². The van der Waals surface area contributed by atoms with Gasteiger partial charge in [0, 0.05) is 47.6 Å². The number of rotatable bonds is 8. The molecule has 0 saturated heterocycles. The highest BCUT2D eigenvalue weighted by atomic mass is 32.1. The van der Waals surface area contributed by atoms with E-state index < -0.39 is 11.6 Å². The molecule has 0 unspecified atom stereocenters. The van der Waals surface area contributed by atoms with Crippen molar-refractivity contribution in [1.82, 2.24) is 29.6 Å². The first-order valence-corrected chi connectivity index (χ1v) is 15.2. The van der Waals surface area contributed by atoms with E-state index in [0.29, 0.717) is 35.7 Å². The molecule has 12 heteroatoms. The van der Waals surface area contributed by atoms with E-state index in [1.807, 2.05) is 47.3 Å². The van der Waals surface area contributed by atoms with Crippen LogP contribution >= 0.6 is 11.3 Å². The van der Waals surface area contributed by atoms with Gasteiger partial charge in [0.2, 0.25) is 5.91 Å². The lowest BCUT2D eigenvalue weighted by atomic mass is 9.97. The van der Waals surface area contributed by atoms with Gasteiger partial charge in [-0.15, -0.1) is 11.3 Å². The molecule has 228 valence electrons. The summed E-state index contributed by atoms with van der Waals surface area (Å²) in [7, 11) is 1.52. The van der Waals surface area contributed by atoms with Crippen LogP contribution in [0.25, 0.3) is 55.0 Å². The van der Waals surface area contributed by atoms with Crippen molar-refractivity contribution < 1.29 is 23.0 Å². The zero-order chi connectivity index (χ0) is 31.2. The van der Waals surface area contributed by atoms with Gasteiger partial charge in [0.15, 0.2) is 0 Å². The van der Waals surface area contributed by atoms with Gasteiger partial charge < -0.3 is 19.4 Å². The third-order valence-electron chi connectivity index (χ3n) is 8.03. The third kappa shape index (κ3) is 4.95. The van der Waals surface area contributed by atoms with Gasteiger partial charge in [-0.1, -0.05) is 6.58 Å². The minimum Gasteiger partial charge on any atom is -0.490 e. The highest BCUT2D eigenvalue weighted by Gasteiger charge is 2.31. The number of nitrogens with one attached hydrogen (secondary N) is 1. The number of pyridine rings is 2. The number of halogens is 2. The number of methoxy groups -OCH3 is 1. The second-order valence-electron chi connectivity index (χ2n) is 10.7. The van der Waals surface area contributed by atoms with Crippen molar-refractivity contribution in [3.8, 4) is 39.7 Å². The number of aromatic amines is 1. The summed E-state index contributed by atoms with van der Waals surface area (Å²) in [6, 6.07) is 11.3. The maximum atomic E-state index is 16.0. The Bertz CT molecular complexity index is 2070. The summed E-state index contributed by atoms with van der Waals surface area (Å²) in [6.45, 7) is 6.82. The van der Waals surface area contributed by atoms with E-state index in [4.69, 9.17) is 19.6 Å². The molecule has 1 N–H and O–H groups in total. The van der Waals surface area contributed by atoms with Crippen LogP contribution < -0.4 is 4.74 Å². The lowest BCUT2D eigenvalue weighted by molar-refractivity contribution is -0.129. The number of benzene rings is 1. The van der Waals surface area contributed by atoms with E-state index in [9.17, 15) is 9.18 Å². The normalized spacial score (nSPS) is 14.7. The zero-order valence-electron chi connectivity index (χ0n) is 24.5. The average molecular weight is 627 g/mol. The summed E-state index contributed by atoms with van der Waals surface area (Å²) in [5.41, 5.74) is 5.19. The summed E-state index contributed by atoms with van der Waals surface area (Å²) < 4.78 is 44.2. The molecule has 1 amide bonds. The Morgan fingerprint density at radius 2 is 2.02 bits per heavy atom. The van der Waals surface area contributed by atoms with Crippen molar-refractivity contribution >= 4 is 38.4 Å². The second kappa shape index (κ2) is 11.5. The molecule has 1 aromatic carbocycles. The van der Waals surface area contributed by atoms with Crippen LogP contribution in [0, 0.1) is 11.6 Å². The molecule has 45 heavy (non-hydrogen) atoms. The van der Waals surface area contributed by atoms with Crippen molar-refractivity contribution in [2.24, 2.45) is 0 Å². The Labute approximate surface area is 260 Å². The number of ether oxygens (including phenoxy) is 2. The van der Waals surface area contributed by atoms with Gasteiger partial charge in [-0.05, 0) is 48.7 Å². The SMILES string of the molecule is C=CC(=O)N1CCn2nc(-c3nc(-c4cc5ncccc5[nH]4)c4ccsc4c3-c3c(F)cc(F)cc3OCCOC)cc2[C@H]1C. The fourth-order valence-electron chi connectivity index (χ4n) is 5.91. The van der Waals surface area contributed by atoms with Gasteiger partial charge in [-0.3, -0.25) is 14.5 Å². The molecule has 1 aliphatic heterocycles. The Balaban J connectivity index is 1.50. The maximum absolute atomic E-state index is 16.0. The number of amides is 1. The first-order valence-electron chi connectivity index (χ1n) is 14.4. The molecule has 6 aromatic rings. The lowest BCUT2D eigenvalue weighted by Crippen LogP contribution is -2.40. The summed E-state index contributed by atoms with van der Waals surface area (Å²) in [6.07, 6.45) is 3.03. The van der Waals surface area contributed by atoms with Gasteiger partial charge in [-0.2, -0.15) is 5.10 Å². The number of aromatic nitrogens is 5. The fraction of sp³-hybridized carbons (Fsp3) is 0.212. The van der Waals surface area contributed by atoms with Crippen molar-refractivity contribution in [3.63, 3.8) is 0 Å². The minimum atomic E-state index is -0.789. The molecule has 0 radical (unpaired) electrons. The Hall–Kier alpha value is -4.94. The predicted octanol–water partition coefficient (Wildman–Crippen LogP) is 6.76. The van der Waals surface area contributed by atoms with Crippen molar-refractivity contribution in [1.29, 1.82) is 0 Å². The van der Waals surface area contributed by atoms with Crippen LogP contribution in [0.5, 0.6) is 5.75 Å². The van der Waals surface area contributed by atoms with Crippen molar-refractivity contribution in [2.45, 2.75) is 19.5 Å². The first kappa shape index (κ1) is 28.8. The highest BCUT2D eigenvalue weighted by Crippen LogP contribution is 2.47. The Morgan fingerprint density at radius 1 is 1.16 bits per heavy atom. The van der Waals surface area contributed by atoms with Crippen LogP contribution in [0.2, 0.25) is 0 Å². The van der Waals surface area contributed by atoms with E-state index in [-0.39, 0.29) is 36.5 Å². The van der Waals surface area contributed by atoms with Gasteiger partial charge in [0.1, 0.15) is 35.4 Å². The van der Waals surface area contributed by atoms with E-state index in [1.54, 1.807) is 11.1 Å². The largest absolute Gasteiger partial charge is 0.490 e. The molecule has 6 heterocycles. The summed E-state index contributed by atoms with van der Waals surface area (Å²) in [5.74, 6) is -1.69. The molecular weight excluding hydrogens is 598 g/mol. The summed E-state index contributed by atoms with van der Waals surface area (Å²) in [5, 5.41) is 7.60. The zero-order valence-corrected chi connectivity index (χ0v) is 25.3. The smallest absolute Gasteiger partial charge is 0.246 e. The highest BCUT2D eigenvalue weighted by molar-refractivity contribution is 7.18. The number of hydrogen-bond acceptors (Lipinski definition) is 7. The number of thiophene rings is 1. The number of carbonyl (C=O) groups is 1. The van der Waals surface area contributed by atoms with Crippen LogP contribution in [-0.4, -0.2) is 62.4 Å². The predicted molar refractivity (Wildman–Crippen MR) is 169 cm³/mol. The van der Waals surface area contributed by atoms with Crippen molar-refractivity contribution in [2.75, 3.05) is 26.9 Å². The number of nitrogens with zero attached hydrogens (tertiary/aromatic N) is 5. The number of hydrogen-bond donors (Lipinski definition) is 1. The third-order valence-corrected chi connectivity index (χ3v) is 8.96. The van der Waals surface area contributed by atoms with E-state index in [1.165, 1.54) is 30.6 Å². The quantitative estimate of drug-likeness (QED) is 0.148. The molecule has 7 rings (SSSR count). The molecule has 0 spiro atoms. The van der Waals surface area contributed by atoms with Crippen LogP contribution in [-0.2, 0) is 16.1 Å². The van der Waals surface area contributed by atoms with Crippen LogP contribution in [0.4, 0.5) is 8.78 Å². The maximum Gasteiger partial charge on any atom is 0.246 e. The minimum absolute atomic E-state index is 0.0324. The van der Waals surface area contributed by atoms with Crippen LogP contribution in [0.15, 0.2) is 66.7 Å².